The van der Waals surface area contributed by atoms with Crippen LogP contribution in [0.1, 0.15) is 30.1 Å². The van der Waals surface area contributed by atoms with Crippen LogP contribution >= 0.6 is 0 Å². The van der Waals surface area contributed by atoms with Gasteiger partial charge in [0.1, 0.15) is 5.75 Å². The highest BCUT2D eigenvalue weighted by Crippen LogP contribution is 2.22. The molecule has 20 heavy (non-hydrogen) atoms. The van der Waals surface area contributed by atoms with Crippen LogP contribution in [0.15, 0.2) is 18.2 Å². The Kier molecular flexibility index (Phi) is 6.87. The third kappa shape index (κ3) is 5.48. The van der Waals surface area contributed by atoms with Crippen molar-refractivity contribution in [2.75, 3.05) is 39.5 Å². The summed E-state index contributed by atoms with van der Waals surface area (Å²) in [6.07, 6.45) is 2.04. The molecule has 0 unspecified atom stereocenters. The molecular weight excluding hydrogens is 254 g/mol. The molecule has 0 saturated carbocycles. The Morgan fingerprint density at radius 1 is 1.35 bits per heavy atom. The summed E-state index contributed by atoms with van der Waals surface area (Å²) in [5, 5.41) is 2.90. The molecule has 0 heterocycles. The van der Waals surface area contributed by atoms with Gasteiger partial charge in [-0.2, -0.15) is 0 Å². The van der Waals surface area contributed by atoms with Crippen molar-refractivity contribution in [3.63, 3.8) is 0 Å². The summed E-state index contributed by atoms with van der Waals surface area (Å²) in [7, 11) is 4.09. The monoisotopic (exact) mass is 279 g/mol. The van der Waals surface area contributed by atoms with Crippen molar-refractivity contribution in [3.8, 4) is 5.75 Å². The van der Waals surface area contributed by atoms with Crippen LogP contribution in [0.3, 0.4) is 0 Å². The Hall–Kier alpha value is -1.75. The van der Waals surface area contributed by atoms with E-state index in [-0.39, 0.29) is 5.91 Å². The van der Waals surface area contributed by atoms with Crippen molar-refractivity contribution in [3.05, 3.63) is 23.8 Å². The number of carbonyl (C=O) groups excluding carboxylic acids is 1. The van der Waals surface area contributed by atoms with Crippen molar-refractivity contribution < 1.29 is 9.53 Å². The lowest BCUT2D eigenvalue weighted by atomic mass is 10.1. The van der Waals surface area contributed by atoms with E-state index in [1.54, 1.807) is 18.2 Å². The number of nitrogens with one attached hydrogen (secondary N) is 1. The van der Waals surface area contributed by atoms with Gasteiger partial charge in [-0.3, -0.25) is 4.79 Å². The molecule has 3 N–H and O–H groups in total. The summed E-state index contributed by atoms with van der Waals surface area (Å²) in [4.78, 5) is 14.1. The van der Waals surface area contributed by atoms with Gasteiger partial charge in [0.2, 0.25) is 0 Å². The fourth-order valence-corrected chi connectivity index (χ4v) is 1.83. The number of anilines is 1. The van der Waals surface area contributed by atoms with Crippen LogP contribution in [0.25, 0.3) is 0 Å². The number of amides is 1. The third-order valence-corrected chi connectivity index (χ3v) is 2.89. The van der Waals surface area contributed by atoms with Crippen molar-refractivity contribution in [1.29, 1.82) is 0 Å². The van der Waals surface area contributed by atoms with Gasteiger partial charge < -0.3 is 20.7 Å². The summed E-state index contributed by atoms with van der Waals surface area (Å²) < 4.78 is 5.35. The molecule has 0 radical (unpaired) electrons. The molecule has 0 aliphatic heterocycles. The van der Waals surface area contributed by atoms with Crippen molar-refractivity contribution in [2.45, 2.75) is 19.8 Å². The SMILES string of the molecule is CCOc1ccc(C(=O)NCCCCN(C)C)cc1N. The van der Waals surface area contributed by atoms with Gasteiger partial charge in [-0.15, -0.1) is 0 Å². The molecule has 0 atom stereocenters. The molecule has 5 nitrogen and oxygen atoms in total. The van der Waals surface area contributed by atoms with E-state index in [0.717, 1.165) is 19.4 Å². The van der Waals surface area contributed by atoms with Crippen molar-refractivity contribution in [1.82, 2.24) is 10.2 Å². The number of hydrogen-bond acceptors (Lipinski definition) is 4. The van der Waals surface area contributed by atoms with Gasteiger partial charge in [-0.25, -0.2) is 0 Å². The van der Waals surface area contributed by atoms with Crippen LogP contribution in [-0.2, 0) is 0 Å². The molecule has 1 rings (SSSR count). The Morgan fingerprint density at radius 3 is 2.70 bits per heavy atom. The number of benzene rings is 1. The fourth-order valence-electron chi connectivity index (χ4n) is 1.83. The number of hydrogen-bond donors (Lipinski definition) is 2. The smallest absolute Gasteiger partial charge is 0.251 e. The van der Waals surface area contributed by atoms with Crippen LogP contribution in [-0.4, -0.2) is 44.6 Å². The van der Waals surface area contributed by atoms with Gasteiger partial charge in [0.25, 0.3) is 5.91 Å². The largest absolute Gasteiger partial charge is 0.492 e. The minimum Gasteiger partial charge on any atom is -0.492 e. The number of carbonyl (C=O) groups is 1. The number of nitrogen functional groups attached to an aromatic ring is 1. The van der Waals surface area contributed by atoms with Crippen molar-refractivity contribution in [2.24, 2.45) is 0 Å². The fraction of sp³-hybridized carbons (Fsp3) is 0.533. The lowest BCUT2D eigenvalue weighted by Gasteiger charge is -2.10. The molecule has 0 aromatic heterocycles. The van der Waals surface area contributed by atoms with Gasteiger partial charge in [0, 0.05) is 12.1 Å². The van der Waals surface area contributed by atoms with E-state index in [1.165, 1.54) is 0 Å². The predicted molar refractivity (Wildman–Crippen MR) is 82.1 cm³/mol. The number of nitrogens with two attached hydrogens (primary N) is 1. The summed E-state index contributed by atoms with van der Waals surface area (Å²) in [6.45, 7) is 4.17. The number of rotatable bonds is 8. The van der Waals surface area contributed by atoms with E-state index in [0.29, 0.717) is 30.2 Å². The van der Waals surface area contributed by atoms with E-state index in [4.69, 9.17) is 10.5 Å². The van der Waals surface area contributed by atoms with Gasteiger partial charge in [0.15, 0.2) is 0 Å². The first kappa shape index (κ1) is 16.3. The molecular formula is C15H25N3O2. The summed E-state index contributed by atoms with van der Waals surface area (Å²) in [6, 6.07) is 5.12. The molecule has 0 aliphatic rings. The highest BCUT2D eigenvalue weighted by molar-refractivity contribution is 5.95. The Balaban J connectivity index is 2.41. The molecule has 0 spiro atoms. The lowest BCUT2D eigenvalue weighted by Crippen LogP contribution is -2.25. The quantitative estimate of drug-likeness (QED) is 0.562. The van der Waals surface area contributed by atoms with E-state index >= 15 is 0 Å². The molecule has 0 fully saturated rings. The van der Waals surface area contributed by atoms with Crippen molar-refractivity contribution >= 4 is 11.6 Å². The summed E-state index contributed by atoms with van der Waals surface area (Å²) >= 11 is 0. The molecule has 0 bridgehead atoms. The molecule has 1 amide bonds. The van der Waals surface area contributed by atoms with E-state index < -0.39 is 0 Å². The topological polar surface area (TPSA) is 67.6 Å². The number of unbranched alkanes of at least 4 members (excludes halogenated alkanes) is 1. The first-order valence-electron chi connectivity index (χ1n) is 6.99. The standard InChI is InChI=1S/C15H25N3O2/c1-4-20-14-8-7-12(11-13(14)16)15(19)17-9-5-6-10-18(2)3/h7-8,11H,4-6,9-10,16H2,1-3H3,(H,17,19). The maximum atomic E-state index is 11.9. The molecule has 5 heteroatoms. The van der Waals surface area contributed by atoms with E-state index in [9.17, 15) is 4.79 Å². The summed E-state index contributed by atoms with van der Waals surface area (Å²) in [5.74, 6) is 0.527. The first-order valence-corrected chi connectivity index (χ1v) is 6.99. The highest BCUT2D eigenvalue weighted by atomic mass is 16.5. The second-order valence-corrected chi connectivity index (χ2v) is 4.95. The first-order chi connectivity index (χ1) is 9.54. The maximum absolute atomic E-state index is 11.9. The van der Waals surface area contributed by atoms with Crippen LogP contribution in [0.2, 0.25) is 0 Å². The van der Waals surface area contributed by atoms with Crippen LogP contribution < -0.4 is 15.8 Å². The predicted octanol–water partition coefficient (Wildman–Crippen LogP) is 1.74. The maximum Gasteiger partial charge on any atom is 0.251 e. The second-order valence-electron chi connectivity index (χ2n) is 4.95. The van der Waals surface area contributed by atoms with Crippen LogP contribution in [0.5, 0.6) is 5.75 Å². The van der Waals surface area contributed by atoms with Gasteiger partial charge in [-0.05, 0) is 58.6 Å². The Morgan fingerprint density at radius 2 is 2.10 bits per heavy atom. The normalized spacial score (nSPS) is 10.6. The Labute approximate surface area is 121 Å². The molecule has 0 aliphatic carbocycles. The van der Waals surface area contributed by atoms with Crippen LogP contribution in [0.4, 0.5) is 5.69 Å². The third-order valence-electron chi connectivity index (χ3n) is 2.89. The molecule has 1 aromatic rings. The second kappa shape index (κ2) is 8.43. The van der Waals surface area contributed by atoms with Gasteiger partial charge in [-0.1, -0.05) is 0 Å². The lowest BCUT2D eigenvalue weighted by molar-refractivity contribution is 0.0953. The molecule has 112 valence electrons. The average Bonchev–Trinajstić information content (AvgIpc) is 2.40. The van der Waals surface area contributed by atoms with Crippen LogP contribution in [0, 0.1) is 0 Å². The zero-order chi connectivity index (χ0) is 15.0. The summed E-state index contributed by atoms with van der Waals surface area (Å²) in [5.41, 5.74) is 6.91. The highest BCUT2D eigenvalue weighted by Gasteiger charge is 2.08. The molecule has 0 saturated heterocycles. The average molecular weight is 279 g/mol. The van der Waals surface area contributed by atoms with Gasteiger partial charge in [0.05, 0.1) is 12.3 Å². The number of nitrogens with zero attached hydrogens (tertiary/aromatic N) is 1. The number of ether oxygens (including phenoxy) is 1. The minimum absolute atomic E-state index is 0.0930. The zero-order valence-electron chi connectivity index (χ0n) is 12.6. The minimum atomic E-state index is -0.0930. The molecule has 1 aromatic carbocycles. The van der Waals surface area contributed by atoms with E-state index in [2.05, 4.69) is 10.2 Å². The van der Waals surface area contributed by atoms with Gasteiger partial charge >= 0.3 is 0 Å². The Bertz CT molecular complexity index is 433. The van der Waals surface area contributed by atoms with E-state index in [1.807, 2.05) is 21.0 Å². The zero-order valence-corrected chi connectivity index (χ0v) is 12.6.